The van der Waals surface area contributed by atoms with Crippen LogP contribution in [0.4, 0.5) is 0 Å². The van der Waals surface area contributed by atoms with Crippen molar-refractivity contribution < 1.29 is 19.5 Å². The largest absolute Gasteiger partial charge is 0.544 e. The number of carbonyl (C=O) groups excluding carboxylic acids is 1. The Morgan fingerprint density at radius 3 is 2.09 bits per heavy atom. The van der Waals surface area contributed by atoms with Crippen molar-refractivity contribution in [2.75, 3.05) is 26.2 Å². The van der Waals surface area contributed by atoms with E-state index in [2.05, 4.69) is 20.8 Å². The Morgan fingerprint density at radius 2 is 1.64 bits per heavy atom. The van der Waals surface area contributed by atoms with E-state index in [4.69, 9.17) is 0 Å². The van der Waals surface area contributed by atoms with Crippen LogP contribution in [0.15, 0.2) is 12.2 Å². The Bertz CT molecular complexity index is 307. The summed E-state index contributed by atoms with van der Waals surface area (Å²) in [4.78, 5) is 11.2. The van der Waals surface area contributed by atoms with Gasteiger partial charge in [-0.25, -0.2) is 0 Å². The van der Waals surface area contributed by atoms with Gasteiger partial charge in [0.15, 0.2) is 0 Å². The lowest BCUT2D eigenvalue weighted by Gasteiger charge is -2.40. The summed E-state index contributed by atoms with van der Waals surface area (Å²) in [5, 5.41) is 21.5. The van der Waals surface area contributed by atoms with Gasteiger partial charge in [-0.05, 0) is 19.3 Å². The fourth-order valence-corrected chi connectivity index (χ4v) is 2.81. The molecule has 4 heteroatoms. The van der Waals surface area contributed by atoms with E-state index in [-0.39, 0.29) is 6.54 Å². The van der Waals surface area contributed by atoms with Gasteiger partial charge < -0.3 is 19.5 Å². The van der Waals surface area contributed by atoms with Gasteiger partial charge in [0, 0.05) is 0 Å². The third-order valence-corrected chi connectivity index (χ3v) is 4.09. The quantitative estimate of drug-likeness (QED) is 0.304. The highest BCUT2D eigenvalue weighted by atomic mass is 16.4. The second-order valence-electron chi connectivity index (χ2n) is 6.35. The molecule has 1 N–H and O–H groups in total. The number of hydrogen-bond donors (Lipinski definition) is 1. The van der Waals surface area contributed by atoms with Gasteiger partial charge in [-0.15, -0.1) is 0 Å². The zero-order valence-corrected chi connectivity index (χ0v) is 14.7. The van der Waals surface area contributed by atoms with Crippen LogP contribution in [0.1, 0.15) is 65.7 Å². The maximum atomic E-state index is 11.2. The molecule has 130 valence electrons. The fraction of sp³-hybridized carbons (Fsp3) is 0.833. The second kappa shape index (κ2) is 12.7. The zero-order chi connectivity index (χ0) is 16.8. The number of rotatable bonds is 14. The molecule has 0 amide bonds. The lowest BCUT2D eigenvalue weighted by atomic mass is 10.1. The van der Waals surface area contributed by atoms with E-state index < -0.39 is 12.1 Å². The molecule has 0 aromatic heterocycles. The summed E-state index contributed by atoms with van der Waals surface area (Å²) < 4.78 is 0.434. The van der Waals surface area contributed by atoms with Gasteiger partial charge >= 0.3 is 0 Å². The molecule has 0 saturated carbocycles. The molecule has 0 bridgehead atoms. The molecule has 0 spiro atoms. The van der Waals surface area contributed by atoms with Gasteiger partial charge in [-0.1, -0.05) is 58.6 Å². The predicted octanol–water partition coefficient (Wildman–Crippen LogP) is 2.26. The number of nitrogens with zero attached hydrogens (tertiary/aromatic N) is 1. The van der Waals surface area contributed by atoms with Gasteiger partial charge in [0.2, 0.25) is 0 Å². The molecule has 22 heavy (non-hydrogen) atoms. The van der Waals surface area contributed by atoms with Crippen molar-refractivity contribution in [1.82, 2.24) is 0 Å². The highest BCUT2D eigenvalue weighted by Gasteiger charge is 2.29. The van der Waals surface area contributed by atoms with Crippen LogP contribution < -0.4 is 5.11 Å². The summed E-state index contributed by atoms with van der Waals surface area (Å²) in [6, 6.07) is 0. The molecule has 4 nitrogen and oxygen atoms in total. The molecular weight excluding hydrogens is 278 g/mol. The molecule has 0 aromatic carbocycles. The Labute approximate surface area is 136 Å². The Kier molecular flexibility index (Phi) is 12.2. The van der Waals surface area contributed by atoms with Crippen LogP contribution in [-0.2, 0) is 4.79 Å². The summed E-state index contributed by atoms with van der Waals surface area (Å²) in [5.41, 5.74) is 0. The molecule has 0 saturated heterocycles. The fourth-order valence-electron chi connectivity index (χ4n) is 2.81. The van der Waals surface area contributed by atoms with Crippen LogP contribution in [0.5, 0.6) is 0 Å². The minimum absolute atomic E-state index is 0.000139. The summed E-state index contributed by atoms with van der Waals surface area (Å²) in [5.74, 6) is -1.02. The lowest BCUT2D eigenvalue weighted by Crippen LogP contribution is -2.58. The molecule has 0 radical (unpaired) electrons. The first kappa shape index (κ1) is 21.1. The number of hydrogen-bond acceptors (Lipinski definition) is 3. The molecule has 0 rings (SSSR count). The average molecular weight is 313 g/mol. The predicted molar refractivity (Wildman–Crippen MR) is 89.2 cm³/mol. The number of aliphatic carboxylic acids is 1. The van der Waals surface area contributed by atoms with Crippen LogP contribution in [0.25, 0.3) is 0 Å². The van der Waals surface area contributed by atoms with Crippen LogP contribution in [0.3, 0.4) is 0 Å². The highest BCUT2D eigenvalue weighted by Crippen LogP contribution is 2.14. The van der Waals surface area contributed by atoms with Gasteiger partial charge in [-0.2, -0.15) is 0 Å². The number of carboxylic acids is 1. The Hall–Kier alpha value is -0.870. The van der Waals surface area contributed by atoms with Crippen molar-refractivity contribution in [3.05, 3.63) is 12.2 Å². The SMILES string of the molecule is CCCC/C=C/C(O)C[N+](CCCC)(CCCC)CC(=O)[O-]. The first-order chi connectivity index (χ1) is 10.5. The number of carbonyl (C=O) groups is 1. The van der Waals surface area contributed by atoms with E-state index in [9.17, 15) is 15.0 Å². The molecule has 0 fully saturated rings. The summed E-state index contributed by atoms with van der Waals surface area (Å²) in [6.45, 7) is 8.41. The van der Waals surface area contributed by atoms with E-state index in [1.54, 1.807) is 0 Å². The van der Waals surface area contributed by atoms with E-state index in [1.807, 2.05) is 12.2 Å². The molecular formula is C18H35NO3. The van der Waals surface area contributed by atoms with Gasteiger partial charge in [0.1, 0.15) is 19.2 Å². The Morgan fingerprint density at radius 1 is 1.09 bits per heavy atom. The highest BCUT2D eigenvalue weighted by molar-refractivity contribution is 5.65. The number of aliphatic hydroxyl groups excluding tert-OH is 1. The number of aliphatic hydroxyl groups is 1. The number of allylic oxidation sites excluding steroid dienone is 1. The summed E-state index contributed by atoms with van der Waals surface area (Å²) in [7, 11) is 0. The van der Waals surface area contributed by atoms with E-state index in [1.165, 1.54) is 0 Å². The van der Waals surface area contributed by atoms with Crippen molar-refractivity contribution in [2.24, 2.45) is 0 Å². The van der Waals surface area contributed by atoms with Crippen molar-refractivity contribution in [3.63, 3.8) is 0 Å². The standard InChI is InChI=1S/C18H35NO3/c1-4-7-10-11-12-17(20)15-19(13-8-5-2,14-9-6-3)16-18(21)22/h11-12,17,20H,4-10,13-16H2,1-3H3/b12-11+. The molecule has 0 heterocycles. The van der Waals surface area contributed by atoms with Crippen LogP contribution in [-0.4, -0.2) is 47.8 Å². The molecule has 0 aromatic rings. The van der Waals surface area contributed by atoms with Crippen molar-refractivity contribution in [3.8, 4) is 0 Å². The van der Waals surface area contributed by atoms with E-state index in [0.29, 0.717) is 11.0 Å². The molecule has 0 aliphatic carbocycles. The third kappa shape index (κ3) is 9.96. The van der Waals surface area contributed by atoms with Crippen molar-refractivity contribution >= 4 is 5.97 Å². The Balaban J connectivity index is 4.83. The van der Waals surface area contributed by atoms with Crippen molar-refractivity contribution in [1.29, 1.82) is 0 Å². The maximum absolute atomic E-state index is 11.2. The molecule has 0 aliphatic heterocycles. The summed E-state index contributed by atoms with van der Waals surface area (Å²) >= 11 is 0. The van der Waals surface area contributed by atoms with E-state index in [0.717, 1.165) is 58.0 Å². The first-order valence-corrected chi connectivity index (χ1v) is 8.89. The van der Waals surface area contributed by atoms with E-state index >= 15 is 0 Å². The van der Waals surface area contributed by atoms with Gasteiger partial charge in [0.25, 0.3) is 0 Å². The van der Waals surface area contributed by atoms with Crippen molar-refractivity contribution in [2.45, 2.75) is 71.8 Å². The molecule has 1 atom stereocenters. The van der Waals surface area contributed by atoms with Crippen LogP contribution >= 0.6 is 0 Å². The minimum Gasteiger partial charge on any atom is -0.544 e. The smallest absolute Gasteiger partial charge is 0.121 e. The van der Waals surface area contributed by atoms with Gasteiger partial charge in [0.05, 0.1) is 19.1 Å². The molecule has 0 aliphatic rings. The monoisotopic (exact) mass is 313 g/mol. The third-order valence-electron chi connectivity index (χ3n) is 4.09. The normalized spacial score (nSPS) is 13.6. The molecule has 1 unspecified atom stereocenters. The topological polar surface area (TPSA) is 60.4 Å². The first-order valence-electron chi connectivity index (χ1n) is 8.89. The number of quaternary nitrogens is 1. The number of unbranched alkanes of at least 4 members (excludes halogenated alkanes) is 4. The second-order valence-corrected chi connectivity index (χ2v) is 6.35. The maximum Gasteiger partial charge on any atom is 0.121 e. The minimum atomic E-state index is -1.02. The average Bonchev–Trinajstić information content (AvgIpc) is 2.47. The summed E-state index contributed by atoms with van der Waals surface area (Å²) in [6.07, 6.45) is 10.5. The lowest BCUT2D eigenvalue weighted by molar-refractivity contribution is -0.925. The van der Waals surface area contributed by atoms with Gasteiger partial charge in [-0.3, -0.25) is 0 Å². The zero-order valence-electron chi connectivity index (χ0n) is 14.7. The van der Waals surface area contributed by atoms with Crippen LogP contribution in [0, 0.1) is 0 Å². The van der Waals surface area contributed by atoms with Crippen LogP contribution in [0.2, 0.25) is 0 Å². The number of carboxylic acid groups (broad SMARTS) is 1.